The fourth-order valence-corrected chi connectivity index (χ4v) is 2.13. The third kappa shape index (κ3) is 1.98. The first-order chi connectivity index (χ1) is 7.95. The van der Waals surface area contributed by atoms with Gasteiger partial charge < -0.3 is 15.0 Å². The van der Waals surface area contributed by atoms with Crippen LogP contribution in [0.3, 0.4) is 0 Å². The number of benzene rings is 1. The second kappa shape index (κ2) is 4.00. The molecule has 4 nitrogen and oxygen atoms in total. The molecule has 0 bridgehead atoms. The van der Waals surface area contributed by atoms with Crippen LogP contribution in [0.15, 0.2) is 18.2 Å². The molecule has 0 spiro atoms. The Hall–Kier alpha value is -1.62. The number of rotatable bonds is 3. The van der Waals surface area contributed by atoms with Gasteiger partial charge in [-0.1, -0.05) is 0 Å². The van der Waals surface area contributed by atoms with Gasteiger partial charge in [-0.3, -0.25) is 0 Å². The molecule has 5 heteroatoms. The smallest absolute Gasteiger partial charge is 0.201 e. The third-order valence-electron chi connectivity index (χ3n) is 2.75. The zero-order chi connectivity index (χ0) is 12.6. The van der Waals surface area contributed by atoms with E-state index in [1.807, 2.05) is 18.4 Å². The summed E-state index contributed by atoms with van der Waals surface area (Å²) in [4.78, 5) is 4.17. The SMILES string of the molecule is COCC(C)(C)n1c(N)nc2cc(F)ccc21. The lowest BCUT2D eigenvalue weighted by molar-refractivity contribution is 0.113. The highest BCUT2D eigenvalue weighted by Crippen LogP contribution is 2.27. The molecular weight excluding hydrogens is 221 g/mol. The molecule has 92 valence electrons. The van der Waals surface area contributed by atoms with Crippen LogP contribution in [0.5, 0.6) is 0 Å². The molecule has 0 unspecified atom stereocenters. The van der Waals surface area contributed by atoms with E-state index in [2.05, 4.69) is 4.98 Å². The molecule has 0 radical (unpaired) electrons. The molecule has 0 amide bonds. The lowest BCUT2D eigenvalue weighted by Gasteiger charge is -2.27. The van der Waals surface area contributed by atoms with Gasteiger partial charge in [0.1, 0.15) is 5.82 Å². The van der Waals surface area contributed by atoms with Crippen LogP contribution in [0.4, 0.5) is 10.3 Å². The number of anilines is 1. The predicted octanol–water partition coefficient (Wildman–Crippen LogP) is 2.14. The summed E-state index contributed by atoms with van der Waals surface area (Å²) in [6.07, 6.45) is 0. The van der Waals surface area contributed by atoms with Gasteiger partial charge in [-0.15, -0.1) is 0 Å². The molecule has 1 heterocycles. The summed E-state index contributed by atoms with van der Waals surface area (Å²) < 4.78 is 20.2. The van der Waals surface area contributed by atoms with E-state index >= 15 is 0 Å². The predicted molar refractivity (Wildman–Crippen MR) is 65.3 cm³/mol. The summed E-state index contributed by atoms with van der Waals surface area (Å²) in [7, 11) is 1.64. The Morgan fingerprint density at radius 3 is 2.82 bits per heavy atom. The van der Waals surface area contributed by atoms with Crippen molar-refractivity contribution in [3.05, 3.63) is 24.0 Å². The number of nitrogen functional groups attached to an aromatic ring is 1. The van der Waals surface area contributed by atoms with Crippen LogP contribution in [0.25, 0.3) is 11.0 Å². The van der Waals surface area contributed by atoms with Crippen LogP contribution in [0.2, 0.25) is 0 Å². The average Bonchev–Trinajstić information content (AvgIpc) is 2.53. The zero-order valence-corrected chi connectivity index (χ0v) is 10.2. The van der Waals surface area contributed by atoms with Crippen molar-refractivity contribution in [2.75, 3.05) is 19.5 Å². The largest absolute Gasteiger partial charge is 0.382 e. The number of methoxy groups -OCH3 is 1. The van der Waals surface area contributed by atoms with Crippen molar-refractivity contribution >= 4 is 17.0 Å². The Bertz CT molecular complexity index is 548. The Balaban J connectivity index is 2.64. The lowest BCUT2D eigenvalue weighted by Crippen LogP contribution is -2.32. The van der Waals surface area contributed by atoms with E-state index in [-0.39, 0.29) is 11.4 Å². The first-order valence-corrected chi connectivity index (χ1v) is 5.38. The van der Waals surface area contributed by atoms with Gasteiger partial charge in [0.15, 0.2) is 0 Å². The number of hydrogen-bond acceptors (Lipinski definition) is 3. The van der Waals surface area contributed by atoms with Gasteiger partial charge in [0.05, 0.1) is 23.2 Å². The summed E-state index contributed by atoms with van der Waals surface area (Å²) in [5.74, 6) is 0.0550. The fourth-order valence-electron chi connectivity index (χ4n) is 2.13. The molecule has 0 saturated carbocycles. The molecule has 2 aromatic rings. The number of halogens is 1. The molecule has 0 aliphatic heterocycles. The van der Waals surface area contributed by atoms with Crippen molar-refractivity contribution in [1.29, 1.82) is 0 Å². The molecular formula is C12H16FN3O. The summed E-state index contributed by atoms with van der Waals surface area (Å²) in [6.45, 7) is 4.49. The lowest BCUT2D eigenvalue weighted by atomic mass is 10.1. The molecule has 2 N–H and O–H groups in total. The van der Waals surface area contributed by atoms with Gasteiger partial charge in [-0.25, -0.2) is 9.37 Å². The number of fused-ring (bicyclic) bond motifs is 1. The van der Waals surface area contributed by atoms with Crippen LogP contribution >= 0.6 is 0 Å². The zero-order valence-electron chi connectivity index (χ0n) is 10.2. The van der Waals surface area contributed by atoms with Crippen molar-refractivity contribution in [1.82, 2.24) is 9.55 Å². The van der Waals surface area contributed by atoms with Crippen LogP contribution in [-0.4, -0.2) is 23.3 Å². The summed E-state index contributed by atoms with van der Waals surface area (Å²) in [6, 6.07) is 4.47. The highest BCUT2D eigenvalue weighted by Gasteiger charge is 2.25. The first-order valence-electron chi connectivity index (χ1n) is 5.38. The highest BCUT2D eigenvalue weighted by molar-refractivity contribution is 5.78. The van der Waals surface area contributed by atoms with Crippen molar-refractivity contribution in [2.24, 2.45) is 0 Å². The van der Waals surface area contributed by atoms with Gasteiger partial charge in [0.25, 0.3) is 0 Å². The fraction of sp³-hybridized carbons (Fsp3) is 0.417. The number of aromatic nitrogens is 2. The molecule has 0 aliphatic rings. The van der Waals surface area contributed by atoms with E-state index in [9.17, 15) is 4.39 Å². The molecule has 17 heavy (non-hydrogen) atoms. The van der Waals surface area contributed by atoms with Crippen molar-refractivity contribution < 1.29 is 9.13 Å². The van der Waals surface area contributed by atoms with Crippen molar-refractivity contribution in [3.8, 4) is 0 Å². The van der Waals surface area contributed by atoms with Gasteiger partial charge in [-0.05, 0) is 26.0 Å². The Kier molecular flexibility index (Phi) is 2.79. The highest BCUT2D eigenvalue weighted by atomic mass is 19.1. The van der Waals surface area contributed by atoms with Crippen LogP contribution in [0, 0.1) is 5.82 Å². The molecule has 1 aromatic heterocycles. The Morgan fingerprint density at radius 1 is 1.47 bits per heavy atom. The van der Waals surface area contributed by atoms with Gasteiger partial charge in [-0.2, -0.15) is 0 Å². The minimum absolute atomic E-state index is 0.313. The van der Waals surface area contributed by atoms with Crippen molar-refractivity contribution in [3.63, 3.8) is 0 Å². The van der Waals surface area contributed by atoms with Crippen LogP contribution in [0.1, 0.15) is 13.8 Å². The maximum absolute atomic E-state index is 13.1. The maximum Gasteiger partial charge on any atom is 0.201 e. The normalized spacial score (nSPS) is 12.2. The van der Waals surface area contributed by atoms with Crippen molar-refractivity contribution in [2.45, 2.75) is 19.4 Å². The molecule has 2 rings (SSSR count). The third-order valence-corrected chi connectivity index (χ3v) is 2.75. The van der Waals surface area contributed by atoms with Gasteiger partial charge >= 0.3 is 0 Å². The van der Waals surface area contributed by atoms with Gasteiger partial charge in [0, 0.05) is 13.2 Å². The topological polar surface area (TPSA) is 53.1 Å². The standard InChI is InChI=1S/C12H16FN3O/c1-12(2,7-17-3)16-10-5-4-8(13)6-9(10)15-11(16)14/h4-6H,7H2,1-3H3,(H2,14,15). The monoisotopic (exact) mass is 237 g/mol. The first kappa shape index (κ1) is 11.9. The molecule has 1 aromatic carbocycles. The number of nitrogens with two attached hydrogens (primary N) is 1. The van der Waals surface area contributed by atoms with Crippen LogP contribution < -0.4 is 5.73 Å². The van der Waals surface area contributed by atoms with E-state index in [1.54, 1.807) is 13.2 Å². The van der Waals surface area contributed by atoms with E-state index in [4.69, 9.17) is 10.5 Å². The molecule has 0 atom stereocenters. The van der Waals surface area contributed by atoms with E-state index in [0.29, 0.717) is 18.1 Å². The molecule has 0 aliphatic carbocycles. The van der Waals surface area contributed by atoms with Crippen LogP contribution in [-0.2, 0) is 10.3 Å². The average molecular weight is 237 g/mol. The minimum Gasteiger partial charge on any atom is -0.382 e. The number of nitrogens with zero attached hydrogens (tertiary/aromatic N) is 2. The number of hydrogen-bond donors (Lipinski definition) is 1. The summed E-state index contributed by atoms with van der Waals surface area (Å²) in [5.41, 5.74) is 6.94. The minimum atomic E-state index is -0.328. The number of ether oxygens (including phenoxy) is 1. The quantitative estimate of drug-likeness (QED) is 0.889. The summed E-state index contributed by atoms with van der Waals surface area (Å²) >= 11 is 0. The summed E-state index contributed by atoms with van der Waals surface area (Å²) in [5, 5.41) is 0. The van der Waals surface area contributed by atoms with Gasteiger partial charge in [0.2, 0.25) is 5.95 Å². The van der Waals surface area contributed by atoms with E-state index < -0.39 is 0 Å². The van der Waals surface area contributed by atoms with E-state index in [1.165, 1.54) is 12.1 Å². The number of imidazole rings is 1. The maximum atomic E-state index is 13.1. The Morgan fingerprint density at radius 2 is 2.18 bits per heavy atom. The second-order valence-electron chi connectivity index (χ2n) is 4.68. The molecule has 0 saturated heterocycles. The second-order valence-corrected chi connectivity index (χ2v) is 4.68. The van der Waals surface area contributed by atoms with E-state index in [0.717, 1.165) is 5.52 Å². The molecule has 0 fully saturated rings. The Labute approximate surface area is 99.2 Å².